The normalized spacial score (nSPS) is 19.4. The standard InChI is InChI=1S/C12H15F2NO/c1-15(7-12(13)14)10-6-5-9-8(10)3-2-4-11(9)16/h2-4,10,12,16H,5-7H2,1H3. The fraction of sp³-hybridized carbons (Fsp3) is 0.500. The molecule has 16 heavy (non-hydrogen) atoms. The molecule has 0 aliphatic heterocycles. The number of alkyl halides is 2. The van der Waals surface area contributed by atoms with E-state index in [0.717, 1.165) is 24.0 Å². The van der Waals surface area contributed by atoms with Crippen LogP contribution in [0.1, 0.15) is 23.6 Å². The molecule has 88 valence electrons. The lowest BCUT2D eigenvalue weighted by Crippen LogP contribution is -2.28. The van der Waals surface area contributed by atoms with Gasteiger partial charge in [0, 0.05) is 6.04 Å². The fourth-order valence-corrected chi connectivity index (χ4v) is 2.42. The Morgan fingerprint density at radius 2 is 2.25 bits per heavy atom. The van der Waals surface area contributed by atoms with Gasteiger partial charge in [0.15, 0.2) is 0 Å². The van der Waals surface area contributed by atoms with Crippen molar-refractivity contribution >= 4 is 0 Å². The monoisotopic (exact) mass is 227 g/mol. The number of hydrogen-bond acceptors (Lipinski definition) is 2. The maximum absolute atomic E-state index is 12.3. The number of nitrogens with zero attached hydrogens (tertiary/aromatic N) is 1. The largest absolute Gasteiger partial charge is 0.508 e. The Balaban J connectivity index is 2.20. The Kier molecular flexibility index (Phi) is 3.10. The minimum absolute atomic E-state index is 0.0103. The first-order chi connectivity index (χ1) is 7.59. The second-order valence-electron chi connectivity index (χ2n) is 4.23. The molecule has 1 aliphatic carbocycles. The van der Waals surface area contributed by atoms with Gasteiger partial charge < -0.3 is 5.11 Å². The number of phenols is 1. The van der Waals surface area contributed by atoms with Crippen LogP contribution in [0.15, 0.2) is 18.2 Å². The zero-order valence-electron chi connectivity index (χ0n) is 9.16. The lowest BCUT2D eigenvalue weighted by Gasteiger charge is -2.24. The van der Waals surface area contributed by atoms with Crippen LogP contribution in [-0.2, 0) is 6.42 Å². The number of fused-ring (bicyclic) bond motifs is 1. The summed E-state index contributed by atoms with van der Waals surface area (Å²) in [5.41, 5.74) is 1.90. The van der Waals surface area contributed by atoms with Crippen LogP contribution >= 0.6 is 0 Å². The molecule has 0 heterocycles. The number of aromatic hydroxyl groups is 1. The van der Waals surface area contributed by atoms with Gasteiger partial charge in [0.2, 0.25) is 0 Å². The van der Waals surface area contributed by atoms with Gasteiger partial charge in [-0.15, -0.1) is 0 Å². The first kappa shape index (κ1) is 11.3. The van der Waals surface area contributed by atoms with Crippen LogP contribution in [0.5, 0.6) is 5.75 Å². The average molecular weight is 227 g/mol. The molecule has 0 saturated carbocycles. The molecule has 0 bridgehead atoms. The summed E-state index contributed by atoms with van der Waals surface area (Å²) in [6.45, 7) is -0.222. The highest BCUT2D eigenvalue weighted by Crippen LogP contribution is 2.39. The maximum Gasteiger partial charge on any atom is 0.251 e. The van der Waals surface area contributed by atoms with E-state index in [9.17, 15) is 13.9 Å². The van der Waals surface area contributed by atoms with E-state index in [1.807, 2.05) is 6.07 Å². The van der Waals surface area contributed by atoms with E-state index >= 15 is 0 Å². The minimum atomic E-state index is -2.31. The molecule has 1 unspecified atom stereocenters. The van der Waals surface area contributed by atoms with Gasteiger partial charge in [-0.2, -0.15) is 0 Å². The summed E-state index contributed by atoms with van der Waals surface area (Å²) in [6.07, 6.45) is -0.748. The quantitative estimate of drug-likeness (QED) is 0.857. The Morgan fingerprint density at radius 1 is 1.50 bits per heavy atom. The van der Waals surface area contributed by atoms with Gasteiger partial charge >= 0.3 is 0 Å². The van der Waals surface area contributed by atoms with Crippen molar-refractivity contribution in [2.75, 3.05) is 13.6 Å². The van der Waals surface area contributed by atoms with Gasteiger partial charge in [-0.3, -0.25) is 4.90 Å². The van der Waals surface area contributed by atoms with Crippen LogP contribution in [0.4, 0.5) is 8.78 Å². The first-order valence-corrected chi connectivity index (χ1v) is 5.38. The molecule has 0 amide bonds. The van der Waals surface area contributed by atoms with Gasteiger partial charge in [-0.25, -0.2) is 8.78 Å². The Bertz CT molecular complexity index is 381. The van der Waals surface area contributed by atoms with Gasteiger partial charge in [0.25, 0.3) is 6.43 Å². The molecule has 1 aromatic carbocycles. The molecule has 0 saturated heterocycles. The smallest absolute Gasteiger partial charge is 0.251 e. The van der Waals surface area contributed by atoms with Crippen LogP contribution in [0.2, 0.25) is 0 Å². The first-order valence-electron chi connectivity index (χ1n) is 5.38. The zero-order chi connectivity index (χ0) is 11.7. The lowest BCUT2D eigenvalue weighted by atomic mass is 10.1. The van der Waals surface area contributed by atoms with Gasteiger partial charge in [-0.1, -0.05) is 12.1 Å². The van der Waals surface area contributed by atoms with Gasteiger partial charge in [0.1, 0.15) is 5.75 Å². The maximum atomic E-state index is 12.3. The summed E-state index contributed by atoms with van der Waals surface area (Å²) in [6, 6.07) is 5.34. The van der Waals surface area contributed by atoms with Crippen molar-refractivity contribution in [3.8, 4) is 5.75 Å². The van der Waals surface area contributed by atoms with Crippen molar-refractivity contribution in [2.24, 2.45) is 0 Å². The Hall–Kier alpha value is -1.16. The molecule has 2 rings (SSSR count). The van der Waals surface area contributed by atoms with Crippen LogP contribution in [-0.4, -0.2) is 30.0 Å². The van der Waals surface area contributed by atoms with Gasteiger partial charge in [-0.05, 0) is 37.1 Å². The number of rotatable bonds is 3. The summed E-state index contributed by atoms with van der Waals surface area (Å²) < 4.78 is 24.6. The van der Waals surface area contributed by atoms with E-state index in [1.54, 1.807) is 24.1 Å². The number of benzene rings is 1. The summed E-state index contributed by atoms with van der Waals surface area (Å²) >= 11 is 0. The fourth-order valence-electron chi connectivity index (χ4n) is 2.42. The molecule has 2 nitrogen and oxygen atoms in total. The molecular weight excluding hydrogens is 212 g/mol. The average Bonchev–Trinajstić information content (AvgIpc) is 2.61. The van der Waals surface area contributed by atoms with Crippen molar-refractivity contribution in [3.05, 3.63) is 29.3 Å². The predicted molar refractivity (Wildman–Crippen MR) is 57.8 cm³/mol. The van der Waals surface area contributed by atoms with Crippen molar-refractivity contribution in [1.29, 1.82) is 0 Å². The molecule has 1 aliphatic rings. The van der Waals surface area contributed by atoms with Gasteiger partial charge in [0.05, 0.1) is 6.54 Å². The van der Waals surface area contributed by atoms with E-state index in [2.05, 4.69) is 0 Å². The Morgan fingerprint density at radius 3 is 2.94 bits per heavy atom. The van der Waals surface area contributed by atoms with E-state index in [1.165, 1.54) is 0 Å². The minimum Gasteiger partial charge on any atom is -0.508 e. The van der Waals surface area contributed by atoms with Crippen LogP contribution < -0.4 is 0 Å². The van der Waals surface area contributed by atoms with E-state index in [-0.39, 0.29) is 18.3 Å². The molecule has 0 aromatic heterocycles. The summed E-state index contributed by atoms with van der Waals surface area (Å²) in [5, 5.41) is 9.65. The third-order valence-corrected chi connectivity index (χ3v) is 3.17. The van der Waals surface area contributed by atoms with E-state index in [4.69, 9.17) is 0 Å². The lowest BCUT2D eigenvalue weighted by molar-refractivity contribution is 0.0808. The molecule has 1 N–H and O–H groups in total. The Labute approximate surface area is 93.5 Å². The summed E-state index contributed by atoms with van der Waals surface area (Å²) in [5.74, 6) is 0.283. The highest BCUT2D eigenvalue weighted by atomic mass is 19.3. The number of phenolic OH excluding ortho intramolecular Hbond substituents is 1. The number of hydrogen-bond donors (Lipinski definition) is 1. The highest BCUT2D eigenvalue weighted by Gasteiger charge is 2.28. The molecule has 0 spiro atoms. The van der Waals surface area contributed by atoms with E-state index < -0.39 is 6.43 Å². The highest BCUT2D eigenvalue weighted by molar-refractivity contribution is 5.44. The predicted octanol–water partition coefficient (Wildman–Crippen LogP) is 2.58. The molecule has 1 aromatic rings. The third kappa shape index (κ3) is 2.02. The number of halogens is 2. The molecule has 1 atom stereocenters. The van der Waals surface area contributed by atoms with E-state index in [0.29, 0.717) is 0 Å². The van der Waals surface area contributed by atoms with Crippen molar-refractivity contribution in [2.45, 2.75) is 25.3 Å². The summed E-state index contributed by atoms with van der Waals surface area (Å²) in [7, 11) is 1.70. The molecular formula is C12H15F2NO. The molecule has 4 heteroatoms. The van der Waals surface area contributed by atoms with Crippen LogP contribution in [0.3, 0.4) is 0 Å². The van der Waals surface area contributed by atoms with Crippen LogP contribution in [0, 0.1) is 0 Å². The molecule has 0 fully saturated rings. The SMILES string of the molecule is CN(CC(F)F)C1CCc2c(O)cccc21. The summed E-state index contributed by atoms with van der Waals surface area (Å²) in [4.78, 5) is 1.66. The second-order valence-corrected chi connectivity index (χ2v) is 4.23. The van der Waals surface area contributed by atoms with Crippen molar-refractivity contribution < 1.29 is 13.9 Å². The van der Waals surface area contributed by atoms with Crippen LogP contribution in [0.25, 0.3) is 0 Å². The van der Waals surface area contributed by atoms with Crippen molar-refractivity contribution in [1.82, 2.24) is 4.90 Å². The molecule has 0 radical (unpaired) electrons. The zero-order valence-corrected chi connectivity index (χ0v) is 9.16. The second kappa shape index (κ2) is 4.37. The third-order valence-electron chi connectivity index (χ3n) is 3.17. The topological polar surface area (TPSA) is 23.5 Å². The van der Waals surface area contributed by atoms with Crippen molar-refractivity contribution in [3.63, 3.8) is 0 Å².